The van der Waals surface area contributed by atoms with Gasteiger partial charge in [0, 0.05) is 19.0 Å². The molecule has 130 valence electrons. The third kappa shape index (κ3) is 4.47. The zero-order valence-corrected chi connectivity index (χ0v) is 14.1. The lowest BCUT2D eigenvalue weighted by molar-refractivity contribution is 0.0131. The zero-order chi connectivity index (χ0) is 17.6. The number of aliphatic hydroxyl groups is 1. The van der Waals surface area contributed by atoms with Gasteiger partial charge in [-0.15, -0.1) is 0 Å². The van der Waals surface area contributed by atoms with Crippen LogP contribution in [-0.4, -0.2) is 42.2 Å². The molecule has 3 aromatic rings. The molecule has 3 rings (SSSR count). The molecule has 1 N–H and O–H groups in total. The fraction of sp³-hybridized carbons (Fsp3) is 0.250. The van der Waals surface area contributed by atoms with E-state index in [2.05, 4.69) is 0 Å². The molecule has 0 saturated heterocycles. The van der Waals surface area contributed by atoms with E-state index in [9.17, 15) is 9.90 Å². The van der Waals surface area contributed by atoms with Crippen LogP contribution >= 0.6 is 0 Å². The van der Waals surface area contributed by atoms with Crippen LogP contribution < -0.4 is 0 Å². The third-order valence-corrected chi connectivity index (χ3v) is 3.89. The van der Waals surface area contributed by atoms with Gasteiger partial charge in [-0.3, -0.25) is 4.79 Å². The lowest BCUT2D eigenvalue weighted by Crippen LogP contribution is -2.36. The largest absolute Gasteiger partial charge is 0.451 e. The number of hydrogen-bond acceptors (Lipinski definition) is 4. The van der Waals surface area contributed by atoms with E-state index < -0.39 is 6.10 Å². The molecule has 1 aromatic heterocycles. The van der Waals surface area contributed by atoms with Crippen molar-refractivity contribution in [2.45, 2.75) is 12.7 Å². The lowest BCUT2D eigenvalue weighted by atomic mass is 10.2. The number of fused-ring (bicyclic) bond motifs is 1. The summed E-state index contributed by atoms with van der Waals surface area (Å²) in [7, 11) is 1.63. The van der Waals surface area contributed by atoms with Gasteiger partial charge in [0.25, 0.3) is 5.91 Å². The highest BCUT2D eigenvalue weighted by atomic mass is 16.5. The summed E-state index contributed by atoms with van der Waals surface area (Å²) in [6.07, 6.45) is -0.762. The van der Waals surface area contributed by atoms with Gasteiger partial charge in [-0.1, -0.05) is 48.5 Å². The van der Waals surface area contributed by atoms with Crippen LogP contribution in [0.3, 0.4) is 0 Å². The summed E-state index contributed by atoms with van der Waals surface area (Å²) in [5.41, 5.74) is 1.72. The van der Waals surface area contributed by atoms with Gasteiger partial charge in [-0.25, -0.2) is 0 Å². The molecule has 1 atom stereocenters. The van der Waals surface area contributed by atoms with Crippen LogP contribution in [0.15, 0.2) is 65.1 Å². The maximum absolute atomic E-state index is 12.4. The maximum atomic E-state index is 12.4. The average molecular weight is 339 g/mol. The molecule has 1 heterocycles. The van der Waals surface area contributed by atoms with Gasteiger partial charge < -0.3 is 19.2 Å². The highest BCUT2D eigenvalue weighted by Crippen LogP contribution is 2.19. The number of carbonyl (C=O) groups is 1. The highest BCUT2D eigenvalue weighted by Gasteiger charge is 2.19. The molecular weight excluding hydrogens is 318 g/mol. The Morgan fingerprint density at radius 2 is 1.88 bits per heavy atom. The van der Waals surface area contributed by atoms with E-state index in [1.807, 2.05) is 54.6 Å². The molecule has 5 nitrogen and oxygen atoms in total. The number of ether oxygens (including phenoxy) is 1. The van der Waals surface area contributed by atoms with Crippen molar-refractivity contribution in [3.63, 3.8) is 0 Å². The fourth-order valence-corrected chi connectivity index (χ4v) is 2.61. The van der Waals surface area contributed by atoms with E-state index in [1.54, 1.807) is 13.1 Å². The van der Waals surface area contributed by atoms with Crippen LogP contribution in [0.2, 0.25) is 0 Å². The van der Waals surface area contributed by atoms with Crippen LogP contribution in [0.4, 0.5) is 0 Å². The summed E-state index contributed by atoms with van der Waals surface area (Å²) < 4.78 is 11.1. The Balaban J connectivity index is 1.50. The minimum Gasteiger partial charge on any atom is -0.451 e. The third-order valence-electron chi connectivity index (χ3n) is 3.89. The average Bonchev–Trinajstić information content (AvgIpc) is 3.06. The molecule has 0 bridgehead atoms. The van der Waals surface area contributed by atoms with Gasteiger partial charge in [-0.2, -0.15) is 0 Å². The van der Waals surface area contributed by atoms with Crippen molar-refractivity contribution in [1.82, 2.24) is 4.90 Å². The Kier molecular flexibility index (Phi) is 5.48. The number of carbonyl (C=O) groups excluding carboxylic acids is 1. The van der Waals surface area contributed by atoms with Crippen molar-refractivity contribution < 1.29 is 19.1 Å². The molecule has 5 heteroatoms. The Morgan fingerprint density at radius 1 is 1.16 bits per heavy atom. The van der Waals surface area contributed by atoms with E-state index in [1.165, 1.54) is 4.90 Å². The summed E-state index contributed by atoms with van der Waals surface area (Å²) in [4.78, 5) is 13.9. The van der Waals surface area contributed by atoms with Gasteiger partial charge in [0.05, 0.1) is 19.3 Å². The van der Waals surface area contributed by atoms with Gasteiger partial charge in [0.2, 0.25) is 0 Å². The molecule has 25 heavy (non-hydrogen) atoms. The predicted octanol–water partition coefficient (Wildman–Crippen LogP) is 3.08. The van der Waals surface area contributed by atoms with Crippen LogP contribution in [0.5, 0.6) is 0 Å². The standard InChI is InChI=1S/C20H21NO4/c1-21(12-17(22)14-24-13-15-7-3-2-4-8-15)20(23)19-11-16-9-5-6-10-18(16)25-19/h2-11,17,22H,12-14H2,1H3. The number of aliphatic hydroxyl groups excluding tert-OH is 1. The quantitative estimate of drug-likeness (QED) is 0.718. The van der Waals surface area contributed by atoms with Crippen molar-refractivity contribution in [2.24, 2.45) is 0 Å². The molecule has 0 aliphatic heterocycles. The number of likely N-dealkylation sites (N-methyl/N-ethyl adjacent to an activating group) is 1. The van der Waals surface area contributed by atoms with E-state index in [-0.39, 0.29) is 24.8 Å². The molecule has 0 saturated carbocycles. The van der Waals surface area contributed by atoms with Crippen LogP contribution in [0, 0.1) is 0 Å². The molecule has 0 aliphatic carbocycles. The van der Waals surface area contributed by atoms with Crippen molar-refractivity contribution in [1.29, 1.82) is 0 Å². The van der Waals surface area contributed by atoms with E-state index >= 15 is 0 Å². The molecule has 0 spiro atoms. The summed E-state index contributed by atoms with van der Waals surface area (Å²) >= 11 is 0. The van der Waals surface area contributed by atoms with Gasteiger partial charge in [0.15, 0.2) is 5.76 Å². The first-order valence-corrected chi connectivity index (χ1v) is 8.17. The van der Waals surface area contributed by atoms with E-state index in [0.717, 1.165) is 10.9 Å². The molecule has 1 unspecified atom stereocenters. The predicted molar refractivity (Wildman–Crippen MR) is 95.3 cm³/mol. The Morgan fingerprint density at radius 3 is 2.64 bits per heavy atom. The Labute approximate surface area is 146 Å². The van der Waals surface area contributed by atoms with Crippen molar-refractivity contribution in [2.75, 3.05) is 20.2 Å². The van der Waals surface area contributed by atoms with Crippen LogP contribution in [0.25, 0.3) is 11.0 Å². The van der Waals surface area contributed by atoms with E-state index in [0.29, 0.717) is 12.2 Å². The Bertz CT molecular complexity index is 795. The second-order valence-electron chi connectivity index (χ2n) is 5.99. The summed E-state index contributed by atoms with van der Waals surface area (Å²) in [5.74, 6) is -0.000543. The van der Waals surface area contributed by atoms with Gasteiger partial charge in [-0.05, 0) is 17.7 Å². The van der Waals surface area contributed by atoms with Crippen molar-refractivity contribution >= 4 is 16.9 Å². The monoisotopic (exact) mass is 339 g/mol. The number of hydrogen-bond donors (Lipinski definition) is 1. The van der Waals surface area contributed by atoms with Gasteiger partial charge in [0.1, 0.15) is 5.58 Å². The maximum Gasteiger partial charge on any atom is 0.289 e. The molecule has 0 fully saturated rings. The van der Waals surface area contributed by atoms with E-state index in [4.69, 9.17) is 9.15 Å². The minimum absolute atomic E-state index is 0.159. The topological polar surface area (TPSA) is 62.9 Å². The normalized spacial score (nSPS) is 12.2. The van der Waals surface area contributed by atoms with Gasteiger partial charge >= 0.3 is 0 Å². The molecule has 0 radical (unpaired) electrons. The van der Waals surface area contributed by atoms with Crippen molar-refractivity contribution in [3.05, 3.63) is 72.0 Å². The molecule has 2 aromatic carbocycles. The number of benzene rings is 2. The fourth-order valence-electron chi connectivity index (χ4n) is 2.61. The molecule has 0 aliphatic rings. The molecular formula is C20H21NO4. The number of nitrogens with zero attached hydrogens (tertiary/aromatic N) is 1. The van der Waals surface area contributed by atoms with Crippen LogP contribution in [-0.2, 0) is 11.3 Å². The number of rotatable bonds is 7. The SMILES string of the molecule is CN(CC(O)COCc1ccccc1)C(=O)c1cc2ccccc2o1. The first-order chi connectivity index (χ1) is 12.1. The highest BCUT2D eigenvalue weighted by molar-refractivity contribution is 5.95. The molecule has 1 amide bonds. The number of furan rings is 1. The summed E-state index contributed by atoms with van der Waals surface area (Å²) in [6, 6.07) is 18.9. The minimum atomic E-state index is -0.762. The first-order valence-electron chi connectivity index (χ1n) is 8.17. The number of amides is 1. The smallest absolute Gasteiger partial charge is 0.289 e. The second kappa shape index (κ2) is 7.96. The zero-order valence-electron chi connectivity index (χ0n) is 14.1. The summed E-state index contributed by atoms with van der Waals surface area (Å²) in [6.45, 7) is 0.760. The summed E-state index contributed by atoms with van der Waals surface area (Å²) in [5, 5.41) is 11.0. The van der Waals surface area contributed by atoms with Crippen LogP contribution in [0.1, 0.15) is 16.1 Å². The van der Waals surface area contributed by atoms with Crippen molar-refractivity contribution in [3.8, 4) is 0 Å². The first kappa shape index (κ1) is 17.2. The Hall–Kier alpha value is -2.63. The second-order valence-corrected chi connectivity index (χ2v) is 5.99. The lowest BCUT2D eigenvalue weighted by Gasteiger charge is -2.20. The number of para-hydroxylation sites is 1.